The Balaban J connectivity index is 2.51. The van der Waals surface area contributed by atoms with Gasteiger partial charge >= 0.3 is 0 Å². The lowest BCUT2D eigenvalue weighted by Gasteiger charge is -2.20. The topological polar surface area (TPSA) is 12.0 Å². The quantitative estimate of drug-likeness (QED) is 0.649. The molecule has 0 fully saturated rings. The summed E-state index contributed by atoms with van der Waals surface area (Å²) in [6.07, 6.45) is 12.4. The molecule has 0 saturated carbocycles. The maximum absolute atomic E-state index is 6.12. The van der Waals surface area contributed by atoms with Crippen molar-refractivity contribution in [3.8, 4) is 0 Å². The molecule has 17 heavy (non-hydrogen) atoms. The predicted octanol–water partition coefficient (Wildman–Crippen LogP) is 5.11. The summed E-state index contributed by atoms with van der Waals surface area (Å²) in [5.74, 6) is 0.582. The lowest BCUT2D eigenvalue weighted by Crippen LogP contribution is -2.16. The van der Waals surface area contributed by atoms with Crippen LogP contribution < -0.4 is 5.32 Å². The van der Waals surface area contributed by atoms with Gasteiger partial charge in [0.05, 0.1) is 0 Å². The van der Waals surface area contributed by atoms with Gasteiger partial charge in [-0.15, -0.1) is 0 Å². The minimum Gasteiger partial charge on any atom is -0.363 e. The molecule has 0 spiro atoms. The molecule has 96 valence electrons. The maximum Gasteiger partial charge on any atom is 0.0386 e. The molecule has 0 aliphatic heterocycles. The summed E-state index contributed by atoms with van der Waals surface area (Å²) in [7, 11) is 0. The highest BCUT2D eigenvalue weighted by Crippen LogP contribution is 2.26. The number of unbranched alkanes of at least 4 members (excludes halogenated alkanes) is 2. The summed E-state index contributed by atoms with van der Waals surface area (Å²) in [4.78, 5) is 0. The van der Waals surface area contributed by atoms with Gasteiger partial charge in [0.1, 0.15) is 0 Å². The predicted molar refractivity (Wildman–Crippen MR) is 76.8 cm³/mol. The van der Waals surface area contributed by atoms with Gasteiger partial charge in [-0.1, -0.05) is 50.4 Å². The average molecular weight is 254 g/mol. The zero-order chi connectivity index (χ0) is 12.7. The van der Waals surface area contributed by atoms with Crippen molar-refractivity contribution in [1.29, 1.82) is 0 Å². The van der Waals surface area contributed by atoms with Crippen LogP contribution in [0.3, 0.4) is 0 Å². The fraction of sp³-hybridized carbons (Fsp3) is 0.600. The molecule has 1 nitrogen and oxygen atoms in total. The summed E-state index contributed by atoms with van der Waals surface area (Å²) in [5, 5.41) is 4.34. The Kier molecular flexibility index (Phi) is 6.43. The molecule has 1 atom stereocenters. The summed E-state index contributed by atoms with van der Waals surface area (Å²) < 4.78 is 0. The van der Waals surface area contributed by atoms with E-state index in [9.17, 15) is 0 Å². The Morgan fingerprint density at radius 3 is 2.94 bits per heavy atom. The first-order valence-electron chi connectivity index (χ1n) is 6.67. The third kappa shape index (κ3) is 5.45. The molecule has 0 aromatic carbocycles. The first kappa shape index (κ1) is 14.4. The van der Waals surface area contributed by atoms with Crippen molar-refractivity contribution in [1.82, 2.24) is 5.32 Å². The summed E-state index contributed by atoms with van der Waals surface area (Å²) >= 11 is 6.12. The number of hydrogen-bond acceptors (Lipinski definition) is 1. The second-order valence-electron chi connectivity index (χ2n) is 4.75. The van der Waals surface area contributed by atoms with E-state index in [1.54, 1.807) is 0 Å². The van der Waals surface area contributed by atoms with Gasteiger partial charge in [0.2, 0.25) is 0 Å². The van der Waals surface area contributed by atoms with Crippen molar-refractivity contribution in [3.05, 3.63) is 34.7 Å². The molecule has 0 aromatic rings. The van der Waals surface area contributed by atoms with Crippen LogP contribution in [0.5, 0.6) is 0 Å². The van der Waals surface area contributed by atoms with Crippen LogP contribution >= 0.6 is 11.6 Å². The van der Waals surface area contributed by atoms with Crippen molar-refractivity contribution >= 4 is 11.6 Å². The van der Waals surface area contributed by atoms with Crippen molar-refractivity contribution in [2.24, 2.45) is 5.92 Å². The SMILES string of the molecule is CCCC/C=C(\C)NC1=CC(Cl)=CC(CC)C1. The molecule has 1 aliphatic carbocycles. The van der Waals surface area contributed by atoms with E-state index in [1.807, 2.05) is 6.08 Å². The van der Waals surface area contributed by atoms with Gasteiger partial charge in [-0.2, -0.15) is 0 Å². The molecule has 0 heterocycles. The van der Waals surface area contributed by atoms with Crippen molar-refractivity contribution in [3.63, 3.8) is 0 Å². The van der Waals surface area contributed by atoms with Crippen LogP contribution in [0, 0.1) is 5.92 Å². The average Bonchev–Trinajstić information content (AvgIpc) is 2.28. The van der Waals surface area contributed by atoms with Crippen LogP contribution in [0.15, 0.2) is 34.7 Å². The minimum atomic E-state index is 0.582. The summed E-state index contributed by atoms with van der Waals surface area (Å²) in [5.41, 5.74) is 2.49. The van der Waals surface area contributed by atoms with Gasteiger partial charge < -0.3 is 5.32 Å². The molecule has 0 amide bonds. The van der Waals surface area contributed by atoms with E-state index in [0.717, 1.165) is 24.3 Å². The van der Waals surface area contributed by atoms with E-state index in [0.29, 0.717) is 5.92 Å². The molecule has 0 aromatic heterocycles. The van der Waals surface area contributed by atoms with Gasteiger partial charge in [-0.3, -0.25) is 0 Å². The summed E-state index contributed by atoms with van der Waals surface area (Å²) in [6.45, 7) is 6.55. The standard InChI is InChI=1S/C15H24ClN/c1-4-6-7-8-12(3)17-15-10-13(5-2)9-14(16)11-15/h8-9,11,13,17H,4-7,10H2,1-3H3/b12-8+. The molecule has 0 bridgehead atoms. The second-order valence-corrected chi connectivity index (χ2v) is 5.18. The fourth-order valence-electron chi connectivity index (χ4n) is 2.02. The molecule has 1 aliphatic rings. The van der Waals surface area contributed by atoms with Crippen LogP contribution in [0.2, 0.25) is 0 Å². The largest absolute Gasteiger partial charge is 0.363 e. The number of hydrogen-bond donors (Lipinski definition) is 1. The first-order valence-corrected chi connectivity index (χ1v) is 7.05. The zero-order valence-electron chi connectivity index (χ0n) is 11.2. The number of nitrogens with one attached hydrogen (secondary N) is 1. The van der Waals surface area contributed by atoms with E-state index in [4.69, 9.17) is 11.6 Å². The van der Waals surface area contributed by atoms with Gasteiger partial charge in [0, 0.05) is 16.4 Å². The van der Waals surface area contributed by atoms with E-state index >= 15 is 0 Å². The zero-order valence-corrected chi connectivity index (χ0v) is 12.0. The normalized spacial score (nSPS) is 20.9. The van der Waals surface area contributed by atoms with Crippen LogP contribution in [-0.2, 0) is 0 Å². The molecular weight excluding hydrogens is 230 g/mol. The van der Waals surface area contributed by atoms with Gasteiger partial charge in [-0.05, 0) is 38.2 Å². The smallest absolute Gasteiger partial charge is 0.0386 e. The molecule has 2 heteroatoms. The third-order valence-corrected chi connectivity index (χ3v) is 3.31. The molecule has 1 unspecified atom stereocenters. The van der Waals surface area contributed by atoms with E-state index in [-0.39, 0.29) is 0 Å². The molecule has 0 radical (unpaired) electrons. The Morgan fingerprint density at radius 1 is 1.53 bits per heavy atom. The molecule has 0 saturated heterocycles. The van der Waals surface area contributed by atoms with E-state index in [1.165, 1.54) is 24.2 Å². The van der Waals surface area contributed by atoms with Crippen LogP contribution in [0.4, 0.5) is 0 Å². The summed E-state index contributed by atoms with van der Waals surface area (Å²) in [6, 6.07) is 0. The van der Waals surface area contributed by atoms with Crippen molar-refractivity contribution in [2.75, 3.05) is 0 Å². The van der Waals surface area contributed by atoms with Gasteiger partial charge in [-0.25, -0.2) is 0 Å². The lowest BCUT2D eigenvalue weighted by molar-refractivity contribution is 0.592. The first-order chi connectivity index (χ1) is 8.15. The van der Waals surface area contributed by atoms with E-state index in [2.05, 4.69) is 38.2 Å². The molecular formula is C15H24ClN. The number of rotatable bonds is 6. The van der Waals surface area contributed by atoms with Crippen LogP contribution in [-0.4, -0.2) is 0 Å². The van der Waals surface area contributed by atoms with E-state index < -0.39 is 0 Å². The number of halogens is 1. The Hall–Kier alpha value is -0.690. The highest BCUT2D eigenvalue weighted by atomic mass is 35.5. The highest BCUT2D eigenvalue weighted by Gasteiger charge is 2.12. The highest BCUT2D eigenvalue weighted by molar-refractivity contribution is 6.31. The monoisotopic (exact) mass is 253 g/mol. The molecule has 1 rings (SSSR count). The lowest BCUT2D eigenvalue weighted by atomic mass is 9.95. The number of allylic oxidation sites excluding steroid dienone is 6. The minimum absolute atomic E-state index is 0.582. The Morgan fingerprint density at radius 2 is 2.29 bits per heavy atom. The maximum atomic E-state index is 6.12. The van der Waals surface area contributed by atoms with Gasteiger partial charge in [0.25, 0.3) is 0 Å². The van der Waals surface area contributed by atoms with Gasteiger partial charge in [0.15, 0.2) is 0 Å². The fourth-order valence-corrected chi connectivity index (χ4v) is 2.33. The van der Waals surface area contributed by atoms with Crippen LogP contribution in [0.1, 0.15) is 52.9 Å². The van der Waals surface area contributed by atoms with Crippen molar-refractivity contribution in [2.45, 2.75) is 52.9 Å². The van der Waals surface area contributed by atoms with Crippen LogP contribution in [0.25, 0.3) is 0 Å². The Labute approximate surface area is 111 Å². The molecule has 1 N–H and O–H groups in total. The Bertz CT molecular complexity index is 326. The third-order valence-electron chi connectivity index (χ3n) is 3.08. The van der Waals surface area contributed by atoms with Crippen molar-refractivity contribution < 1.29 is 0 Å². The second kappa shape index (κ2) is 7.60.